The van der Waals surface area contributed by atoms with E-state index in [4.69, 9.17) is 0 Å². The molecule has 3 rings (SSSR count). The van der Waals surface area contributed by atoms with Gasteiger partial charge in [-0.2, -0.15) is 17.5 Å². The van der Waals surface area contributed by atoms with E-state index in [9.17, 15) is 31.2 Å². The first-order valence-electron chi connectivity index (χ1n) is 9.32. The largest absolute Gasteiger partial charge is 0.417 e. The molecule has 11 heteroatoms. The van der Waals surface area contributed by atoms with E-state index < -0.39 is 32.6 Å². The van der Waals surface area contributed by atoms with Crippen LogP contribution < -0.4 is 10.6 Å². The summed E-state index contributed by atoms with van der Waals surface area (Å²) in [4.78, 5) is 23.1. The minimum atomic E-state index is -4.79. The molecule has 1 aliphatic carbocycles. The Morgan fingerprint density at radius 2 is 1.69 bits per heavy atom. The molecule has 1 aromatic rings. The highest BCUT2D eigenvalue weighted by Crippen LogP contribution is 2.36. The van der Waals surface area contributed by atoms with Gasteiger partial charge in [-0.15, -0.1) is 0 Å². The van der Waals surface area contributed by atoms with Crippen LogP contribution in [0.3, 0.4) is 0 Å². The second kappa shape index (κ2) is 8.31. The van der Waals surface area contributed by atoms with E-state index in [2.05, 4.69) is 10.6 Å². The van der Waals surface area contributed by atoms with E-state index in [0.29, 0.717) is 0 Å². The standard InChI is InChI=1S/C18H22F3N3O4S/c19-18(20,21)14-3-1-2-4-15(14)29(27,28)24-9-7-12(8-10-24)17(26)22-11-16(25)23-13-5-6-13/h1-4,12-13H,5-11H2,(H,22,26)(H,23,25). The maximum atomic E-state index is 13.2. The Bertz CT molecular complexity index is 877. The fraction of sp³-hybridized carbons (Fsp3) is 0.556. The van der Waals surface area contributed by atoms with E-state index in [0.717, 1.165) is 35.3 Å². The van der Waals surface area contributed by atoms with Crippen LogP contribution in [-0.2, 0) is 25.8 Å². The molecule has 7 nitrogen and oxygen atoms in total. The molecule has 0 atom stereocenters. The van der Waals surface area contributed by atoms with Crippen LogP contribution in [0.4, 0.5) is 13.2 Å². The first-order chi connectivity index (χ1) is 13.6. The van der Waals surface area contributed by atoms with Gasteiger partial charge in [-0.3, -0.25) is 9.59 Å². The molecule has 0 unspecified atom stereocenters. The summed E-state index contributed by atoms with van der Waals surface area (Å²) in [7, 11) is -4.34. The minimum absolute atomic E-state index is 0.0686. The predicted molar refractivity (Wildman–Crippen MR) is 97.1 cm³/mol. The molecule has 1 aliphatic heterocycles. The van der Waals surface area contributed by atoms with Gasteiger partial charge >= 0.3 is 6.18 Å². The van der Waals surface area contributed by atoms with E-state index in [1.807, 2.05) is 0 Å². The van der Waals surface area contributed by atoms with Gasteiger partial charge in [0.2, 0.25) is 21.8 Å². The number of alkyl halides is 3. The van der Waals surface area contributed by atoms with Crippen molar-refractivity contribution >= 4 is 21.8 Å². The highest BCUT2D eigenvalue weighted by molar-refractivity contribution is 7.89. The van der Waals surface area contributed by atoms with E-state index in [1.54, 1.807) is 0 Å². The van der Waals surface area contributed by atoms with Crippen molar-refractivity contribution in [2.24, 2.45) is 5.92 Å². The smallest absolute Gasteiger partial charge is 0.352 e. The average molecular weight is 433 g/mol. The molecule has 2 N–H and O–H groups in total. The molecule has 1 saturated carbocycles. The van der Waals surface area contributed by atoms with Crippen LogP contribution >= 0.6 is 0 Å². The van der Waals surface area contributed by atoms with Crippen molar-refractivity contribution in [2.45, 2.75) is 42.8 Å². The zero-order chi connectivity index (χ0) is 21.2. The van der Waals surface area contributed by atoms with Crippen molar-refractivity contribution in [3.05, 3.63) is 29.8 Å². The molecular weight excluding hydrogens is 411 g/mol. The molecule has 160 valence electrons. The number of rotatable bonds is 6. The number of hydrogen-bond acceptors (Lipinski definition) is 4. The van der Waals surface area contributed by atoms with Crippen LogP contribution in [0.15, 0.2) is 29.2 Å². The molecule has 2 fully saturated rings. The van der Waals surface area contributed by atoms with Crippen LogP contribution in [-0.4, -0.2) is 50.2 Å². The Morgan fingerprint density at radius 1 is 1.07 bits per heavy atom. The normalized spacial score (nSPS) is 19.0. The number of amides is 2. The molecule has 1 saturated heterocycles. The maximum Gasteiger partial charge on any atom is 0.417 e. The van der Waals surface area contributed by atoms with Crippen molar-refractivity contribution in [2.75, 3.05) is 19.6 Å². The third-order valence-corrected chi connectivity index (χ3v) is 6.96. The Kier molecular flexibility index (Phi) is 6.18. The van der Waals surface area contributed by atoms with Gasteiger partial charge in [-0.1, -0.05) is 12.1 Å². The van der Waals surface area contributed by atoms with Gasteiger partial charge in [0, 0.05) is 25.0 Å². The lowest BCUT2D eigenvalue weighted by Crippen LogP contribution is -2.45. The molecule has 1 aromatic carbocycles. The lowest BCUT2D eigenvalue weighted by Gasteiger charge is -2.31. The molecule has 29 heavy (non-hydrogen) atoms. The second-order valence-corrected chi connectivity index (χ2v) is 9.14. The third kappa shape index (κ3) is 5.27. The summed E-state index contributed by atoms with van der Waals surface area (Å²) in [6.07, 6.45) is -2.58. The van der Waals surface area contributed by atoms with Crippen molar-refractivity contribution in [1.82, 2.24) is 14.9 Å². The quantitative estimate of drug-likeness (QED) is 0.711. The summed E-state index contributed by atoms with van der Waals surface area (Å²) in [5, 5.41) is 5.27. The lowest BCUT2D eigenvalue weighted by atomic mass is 9.97. The fourth-order valence-electron chi connectivity index (χ4n) is 3.24. The summed E-state index contributed by atoms with van der Waals surface area (Å²) in [6, 6.07) is 4.24. The Hall–Kier alpha value is -2.14. The first-order valence-corrected chi connectivity index (χ1v) is 10.8. The lowest BCUT2D eigenvalue weighted by molar-refractivity contribution is -0.140. The van der Waals surface area contributed by atoms with Gasteiger partial charge in [0.25, 0.3) is 0 Å². The van der Waals surface area contributed by atoms with Gasteiger partial charge in [0.05, 0.1) is 17.0 Å². The highest BCUT2D eigenvalue weighted by atomic mass is 32.2. The molecule has 1 heterocycles. The molecule has 0 spiro atoms. The SMILES string of the molecule is O=C(CNC(=O)C1CCN(S(=O)(=O)c2ccccc2C(F)(F)F)CC1)NC1CC1. The summed E-state index contributed by atoms with van der Waals surface area (Å²) in [5.41, 5.74) is -1.21. The first kappa shape index (κ1) is 21.6. The van der Waals surface area contributed by atoms with Crippen LogP contribution in [0.5, 0.6) is 0 Å². The Morgan fingerprint density at radius 3 is 2.28 bits per heavy atom. The van der Waals surface area contributed by atoms with Crippen molar-refractivity contribution < 1.29 is 31.2 Å². The van der Waals surface area contributed by atoms with E-state index in [-0.39, 0.29) is 50.3 Å². The monoisotopic (exact) mass is 433 g/mol. The molecular formula is C18H22F3N3O4S. The Labute approximate surface area is 166 Å². The van der Waals surface area contributed by atoms with Gasteiger partial charge < -0.3 is 10.6 Å². The number of hydrogen-bond donors (Lipinski definition) is 2. The number of carbonyl (C=O) groups excluding carboxylic acids is 2. The molecule has 0 bridgehead atoms. The summed E-state index contributed by atoms with van der Waals surface area (Å²) >= 11 is 0. The third-order valence-electron chi connectivity index (χ3n) is 5.00. The van der Waals surface area contributed by atoms with Crippen LogP contribution in [0.2, 0.25) is 0 Å². The van der Waals surface area contributed by atoms with Crippen molar-refractivity contribution in [3.63, 3.8) is 0 Å². The highest BCUT2D eigenvalue weighted by Gasteiger charge is 2.40. The van der Waals surface area contributed by atoms with E-state index in [1.165, 1.54) is 6.07 Å². The number of sulfonamides is 1. The van der Waals surface area contributed by atoms with Crippen LogP contribution in [0.1, 0.15) is 31.2 Å². The van der Waals surface area contributed by atoms with Crippen LogP contribution in [0.25, 0.3) is 0 Å². The minimum Gasteiger partial charge on any atom is -0.352 e. The van der Waals surface area contributed by atoms with Gasteiger partial charge in [-0.25, -0.2) is 8.42 Å². The molecule has 0 aromatic heterocycles. The second-order valence-electron chi connectivity index (χ2n) is 7.23. The van der Waals surface area contributed by atoms with Crippen LogP contribution in [0, 0.1) is 5.92 Å². The predicted octanol–water partition coefficient (Wildman–Crippen LogP) is 1.50. The average Bonchev–Trinajstić information content (AvgIpc) is 3.49. The number of benzene rings is 1. The number of carbonyl (C=O) groups is 2. The number of piperidine rings is 1. The summed E-state index contributed by atoms with van der Waals surface area (Å²) in [6.45, 7) is -0.283. The topological polar surface area (TPSA) is 95.6 Å². The fourth-order valence-corrected chi connectivity index (χ4v) is 4.92. The summed E-state index contributed by atoms with van der Waals surface area (Å²) in [5.74, 6) is -1.12. The number of halogens is 3. The van der Waals surface area contributed by atoms with Gasteiger partial charge in [0.15, 0.2) is 0 Å². The molecule has 2 aliphatic rings. The maximum absolute atomic E-state index is 13.2. The van der Waals surface area contributed by atoms with Gasteiger partial charge in [0.1, 0.15) is 0 Å². The number of nitrogens with zero attached hydrogens (tertiary/aromatic N) is 1. The van der Waals surface area contributed by atoms with Gasteiger partial charge in [-0.05, 0) is 37.8 Å². The van der Waals surface area contributed by atoms with Crippen molar-refractivity contribution in [3.8, 4) is 0 Å². The number of nitrogens with one attached hydrogen (secondary N) is 2. The zero-order valence-electron chi connectivity index (χ0n) is 15.5. The molecule has 2 amide bonds. The van der Waals surface area contributed by atoms with E-state index >= 15 is 0 Å². The Balaban J connectivity index is 1.58. The zero-order valence-corrected chi connectivity index (χ0v) is 16.4. The van der Waals surface area contributed by atoms with Crippen molar-refractivity contribution in [1.29, 1.82) is 0 Å². The molecule has 0 radical (unpaired) electrons. The summed E-state index contributed by atoms with van der Waals surface area (Å²) < 4.78 is 66.0.